The molecule has 0 amide bonds. The van der Waals surface area contributed by atoms with Gasteiger partial charge >= 0.3 is 0 Å². The lowest BCUT2D eigenvalue weighted by Crippen LogP contribution is -2.29. The van der Waals surface area contributed by atoms with E-state index >= 15 is 0 Å². The first-order valence-electron chi connectivity index (χ1n) is 5.08. The smallest absolute Gasteiger partial charge is 0.139 e. The normalized spacial score (nSPS) is 11.2. The number of hydrogen-bond acceptors (Lipinski definition) is 1. The van der Waals surface area contributed by atoms with Crippen molar-refractivity contribution in [2.75, 3.05) is 0 Å². The molecule has 0 atom stereocenters. The van der Waals surface area contributed by atoms with Crippen LogP contribution in [0.1, 0.15) is 54.4 Å². The number of Topliss-reactive ketones (excluding diaryl/α,β-unsaturated/α-hetero) is 1. The van der Waals surface area contributed by atoms with Gasteiger partial charge in [-0.2, -0.15) is 0 Å². The lowest BCUT2D eigenvalue weighted by atomic mass is 9.72. The number of hydrogen-bond donors (Lipinski definition) is 0. The highest BCUT2D eigenvalue weighted by molar-refractivity contribution is 5.85. The van der Waals surface area contributed by atoms with Crippen LogP contribution in [0.3, 0.4) is 0 Å². The number of carbonyl (C=O) groups is 1. The zero-order chi connectivity index (χ0) is 10.6. The van der Waals surface area contributed by atoms with E-state index in [9.17, 15) is 4.79 Å². The van der Waals surface area contributed by atoms with Gasteiger partial charge in [0.1, 0.15) is 5.78 Å². The summed E-state index contributed by atoms with van der Waals surface area (Å²) in [4.78, 5) is 11.6. The van der Waals surface area contributed by atoms with Crippen molar-refractivity contribution in [1.29, 1.82) is 0 Å². The van der Waals surface area contributed by atoms with Gasteiger partial charge in [0.2, 0.25) is 0 Å². The van der Waals surface area contributed by atoms with Crippen LogP contribution in [0.25, 0.3) is 0 Å². The van der Waals surface area contributed by atoms with Gasteiger partial charge in [0.05, 0.1) is 0 Å². The topological polar surface area (TPSA) is 17.1 Å². The molecule has 1 nitrogen and oxygen atoms in total. The van der Waals surface area contributed by atoms with E-state index in [-0.39, 0.29) is 5.41 Å². The van der Waals surface area contributed by atoms with Crippen LogP contribution in [0.5, 0.6) is 0 Å². The SMILES string of the molecule is CCC(CC)(C(C)=O)C(C)=C(C)C. The van der Waals surface area contributed by atoms with E-state index in [2.05, 4.69) is 34.6 Å². The molecule has 0 bridgehead atoms. The minimum atomic E-state index is -0.196. The van der Waals surface area contributed by atoms with Crippen LogP contribution in [0.2, 0.25) is 0 Å². The zero-order valence-electron chi connectivity index (χ0n) is 9.82. The molecule has 0 aromatic heterocycles. The Balaban J connectivity index is 5.23. The van der Waals surface area contributed by atoms with E-state index < -0.39 is 0 Å². The number of carbonyl (C=O) groups excluding carboxylic acids is 1. The van der Waals surface area contributed by atoms with Crippen molar-refractivity contribution in [3.8, 4) is 0 Å². The molecule has 0 aliphatic rings. The first-order valence-corrected chi connectivity index (χ1v) is 5.08. The second-order valence-electron chi connectivity index (χ2n) is 3.97. The Morgan fingerprint density at radius 2 is 1.38 bits per heavy atom. The van der Waals surface area contributed by atoms with Gasteiger partial charge in [-0.3, -0.25) is 4.79 Å². The predicted octanol–water partition coefficient (Wildman–Crippen LogP) is 3.74. The second kappa shape index (κ2) is 4.59. The van der Waals surface area contributed by atoms with Gasteiger partial charge in [0.25, 0.3) is 0 Å². The molecule has 1 heteroatoms. The summed E-state index contributed by atoms with van der Waals surface area (Å²) >= 11 is 0. The van der Waals surface area contributed by atoms with Gasteiger partial charge in [-0.05, 0) is 40.5 Å². The molecule has 0 saturated heterocycles. The first-order chi connectivity index (χ1) is 5.92. The van der Waals surface area contributed by atoms with Crippen LogP contribution in [0.4, 0.5) is 0 Å². The molecule has 0 fully saturated rings. The lowest BCUT2D eigenvalue weighted by molar-refractivity contribution is -0.125. The Kier molecular flexibility index (Phi) is 4.38. The molecule has 0 rings (SSSR count). The Bertz CT molecular complexity index is 215. The summed E-state index contributed by atoms with van der Waals surface area (Å²) in [6, 6.07) is 0. The fourth-order valence-corrected chi connectivity index (χ4v) is 2.02. The number of ketones is 1. The third-order valence-corrected chi connectivity index (χ3v) is 3.35. The Hall–Kier alpha value is -0.590. The molecule has 0 aliphatic carbocycles. The standard InChI is InChI=1S/C12H22O/c1-7-12(8-2,11(6)13)10(5)9(3)4/h7-8H2,1-6H3. The molecule has 0 N–H and O–H groups in total. The minimum Gasteiger partial charge on any atom is -0.299 e. The van der Waals surface area contributed by atoms with Gasteiger partial charge in [0, 0.05) is 5.41 Å². The van der Waals surface area contributed by atoms with E-state index in [1.54, 1.807) is 6.92 Å². The molecular formula is C12H22O. The van der Waals surface area contributed by atoms with Crippen molar-refractivity contribution in [3.63, 3.8) is 0 Å². The third kappa shape index (κ3) is 2.20. The molecule has 0 saturated carbocycles. The van der Waals surface area contributed by atoms with Gasteiger partial charge < -0.3 is 0 Å². The highest BCUT2D eigenvalue weighted by Crippen LogP contribution is 2.37. The average molecular weight is 182 g/mol. The first kappa shape index (κ1) is 12.4. The van der Waals surface area contributed by atoms with Crippen LogP contribution in [0.15, 0.2) is 11.1 Å². The molecule has 0 aliphatic heterocycles. The van der Waals surface area contributed by atoms with Crippen molar-refractivity contribution in [3.05, 3.63) is 11.1 Å². The molecule has 76 valence electrons. The summed E-state index contributed by atoms with van der Waals surface area (Å²) in [5.74, 6) is 0.302. The van der Waals surface area contributed by atoms with E-state index in [0.717, 1.165) is 12.8 Å². The molecule has 0 radical (unpaired) electrons. The second-order valence-corrected chi connectivity index (χ2v) is 3.97. The molecule has 0 aromatic rings. The lowest BCUT2D eigenvalue weighted by Gasteiger charge is -2.31. The molecular weight excluding hydrogens is 160 g/mol. The molecule has 0 unspecified atom stereocenters. The van der Waals surface area contributed by atoms with E-state index in [1.165, 1.54) is 11.1 Å². The minimum absolute atomic E-state index is 0.196. The predicted molar refractivity (Wildman–Crippen MR) is 57.7 cm³/mol. The van der Waals surface area contributed by atoms with Crippen LogP contribution in [-0.4, -0.2) is 5.78 Å². The van der Waals surface area contributed by atoms with Gasteiger partial charge in [0.15, 0.2) is 0 Å². The monoisotopic (exact) mass is 182 g/mol. The van der Waals surface area contributed by atoms with E-state index in [0.29, 0.717) is 5.78 Å². The largest absolute Gasteiger partial charge is 0.299 e. The van der Waals surface area contributed by atoms with Crippen molar-refractivity contribution in [1.82, 2.24) is 0 Å². The van der Waals surface area contributed by atoms with Crippen LogP contribution >= 0.6 is 0 Å². The summed E-state index contributed by atoms with van der Waals surface area (Å²) in [7, 11) is 0. The van der Waals surface area contributed by atoms with Crippen molar-refractivity contribution in [2.45, 2.75) is 54.4 Å². The van der Waals surface area contributed by atoms with Gasteiger partial charge in [-0.1, -0.05) is 25.0 Å². The van der Waals surface area contributed by atoms with Crippen molar-refractivity contribution >= 4 is 5.78 Å². The van der Waals surface area contributed by atoms with Crippen LogP contribution < -0.4 is 0 Å². The maximum Gasteiger partial charge on any atom is 0.139 e. The Labute approximate surface area is 82.2 Å². The van der Waals surface area contributed by atoms with Crippen LogP contribution in [-0.2, 0) is 4.79 Å². The summed E-state index contributed by atoms with van der Waals surface area (Å²) < 4.78 is 0. The molecule has 0 aromatic carbocycles. The van der Waals surface area contributed by atoms with E-state index in [4.69, 9.17) is 0 Å². The highest BCUT2D eigenvalue weighted by Gasteiger charge is 2.33. The summed E-state index contributed by atoms with van der Waals surface area (Å²) in [6.07, 6.45) is 1.83. The third-order valence-electron chi connectivity index (χ3n) is 3.35. The summed E-state index contributed by atoms with van der Waals surface area (Å²) in [6.45, 7) is 12.1. The van der Waals surface area contributed by atoms with Crippen molar-refractivity contribution < 1.29 is 4.79 Å². The average Bonchev–Trinajstić information content (AvgIpc) is 2.06. The number of rotatable bonds is 4. The zero-order valence-corrected chi connectivity index (χ0v) is 9.82. The van der Waals surface area contributed by atoms with Gasteiger partial charge in [-0.15, -0.1) is 0 Å². The maximum absolute atomic E-state index is 11.6. The summed E-state index contributed by atoms with van der Waals surface area (Å²) in [5.41, 5.74) is 2.34. The quantitative estimate of drug-likeness (QED) is 0.605. The fraction of sp³-hybridized carbons (Fsp3) is 0.750. The molecule has 13 heavy (non-hydrogen) atoms. The summed E-state index contributed by atoms with van der Waals surface area (Å²) in [5, 5.41) is 0. The van der Waals surface area contributed by atoms with Crippen molar-refractivity contribution in [2.24, 2.45) is 5.41 Å². The Morgan fingerprint density at radius 3 is 1.46 bits per heavy atom. The number of allylic oxidation sites excluding steroid dienone is 2. The van der Waals surface area contributed by atoms with E-state index in [1.807, 2.05) is 0 Å². The highest BCUT2D eigenvalue weighted by atomic mass is 16.1. The molecule has 0 spiro atoms. The van der Waals surface area contributed by atoms with Gasteiger partial charge in [-0.25, -0.2) is 0 Å². The maximum atomic E-state index is 11.6. The molecule has 0 heterocycles. The van der Waals surface area contributed by atoms with Crippen LogP contribution in [0, 0.1) is 5.41 Å². The Morgan fingerprint density at radius 1 is 1.00 bits per heavy atom. The fourth-order valence-electron chi connectivity index (χ4n) is 2.02.